The predicted octanol–water partition coefficient (Wildman–Crippen LogP) is 2.34. The van der Waals surface area contributed by atoms with Gasteiger partial charge in [0.2, 0.25) is 15.8 Å². The maximum Gasteiger partial charge on any atom is 0.433 e. The molecule has 0 fully saturated rings. The van der Waals surface area contributed by atoms with E-state index in [1.54, 1.807) is 6.07 Å². The molecule has 1 aromatic carbocycles. The Morgan fingerprint density at radius 2 is 2.10 bits per heavy atom. The molecule has 2 aromatic heterocycles. The zero-order chi connectivity index (χ0) is 21.2. The SMILES string of the molecule is CCCCn1c(COC(=O)c2ccc([N+](=O)[O-])o2)nc2cc(S(N)(=O)=O)ccc21. The topological polar surface area (TPSA) is 161 Å². The van der Waals surface area contributed by atoms with Gasteiger partial charge in [-0.3, -0.25) is 10.1 Å². The third-order valence-electron chi connectivity index (χ3n) is 4.17. The first-order chi connectivity index (χ1) is 13.7. The summed E-state index contributed by atoms with van der Waals surface area (Å²) in [5.74, 6) is -1.35. The van der Waals surface area contributed by atoms with Gasteiger partial charge in [0, 0.05) is 6.54 Å². The number of primary sulfonamides is 1. The van der Waals surface area contributed by atoms with Crippen LogP contribution in [0.25, 0.3) is 11.0 Å². The van der Waals surface area contributed by atoms with Crippen LogP contribution in [0.1, 0.15) is 36.1 Å². The normalized spacial score (nSPS) is 11.7. The smallest absolute Gasteiger partial charge is 0.433 e. The van der Waals surface area contributed by atoms with E-state index >= 15 is 0 Å². The van der Waals surface area contributed by atoms with Gasteiger partial charge in [-0.15, -0.1) is 0 Å². The largest absolute Gasteiger partial charge is 0.452 e. The summed E-state index contributed by atoms with van der Waals surface area (Å²) in [6.07, 6.45) is 1.73. The number of aryl methyl sites for hydroxylation is 1. The number of imidazole rings is 1. The van der Waals surface area contributed by atoms with E-state index in [2.05, 4.69) is 4.98 Å². The van der Waals surface area contributed by atoms with Gasteiger partial charge in [-0.25, -0.2) is 23.3 Å². The number of hydrogen-bond acceptors (Lipinski definition) is 8. The summed E-state index contributed by atoms with van der Waals surface area (Å²) in [4.78, 5) is 26.3. The van der Waals surface area contributed by atoms with E-state index < -0.39 is 26.8 Å². The maximum absolute atomic E-state index is 12.1. The van der Waals surface area contributed by atoms with Crippen LogP contribution in [0.5, 0.6) is 0 Å². The first kappa shape index (κ1) is 20.5. The molecule has 0 spiro atoms. The molecule has 2 N–H and O–H groups in total. The standard InChI is InChI=1S/C17H18N4O7S/c1-2-3-8-20-13-5-4-11(29(18,25)26)9-12(13)19-15(20)10-27-17(22)14-6-7-16(28-14)21(23)24/h4-7,9H,2-3,8,10H2,1H3,(H2,18,25,26). The molecule has 0 saturated heterocycles. The summed E-state index contributed by atoms with van der Waals surface area (Å²) in [5.41, 5.74) is 1.07. The van der Waals surface area contributed by atoms with Crippen LogP contribution in [0.15, 0.2) is 39.6 Å². The summed E-state index contributed by atoms with van der Waals surface area (Å²) >= 11 is 0. The van der Waals surface area contributed by atoms with Gasteiger partial charge in [-0.05, 0) is 30.7 Å². The van der Waals surface area contributed by atoms with Crippen LogP contribution in [0.2, 0.25) is 0 Å². The van der Waals surface area contributed by atoms with E-state index in [1.807, 2.05) is 11.5 Å². The number of esters is 1. The van der Waals surface area contributed by atoms with Gasteiger partial charge in [0.1, 0.15) is 17.4 Å². The molecule has 0 atom stereocenters. The fourth-order valence-electron chi connectivity index (χ4n) is 2.75. The van der Waals surface area contributed by atoms with E-state index in [0.717, 1.165) is 25.0 Å². The summed E-state index contributed by atoms with van der Waals surface area (Å²) in [6, 6.07) is 6.55. The third-order valence-corrected chi connectivity index (χ3v) is 5.08. The number of benzene rings is 1. The van der Waals surface area contributed by atoms with Gasteiger partial charge in [0.15, 0.2) is 0 Å². The number of carbonyl (C=O) groups excluding carboxylic acids is 1. The van der Waals surface area contributed by atoms with Gasteiger partial charge >= 0.3 is 11.9 Å². The van der Waals surface area contributed by atoms with Crippen LogP contribution in [-0.2, 0) is 27.9 Å². The van der Waals surface area contributed by atoms with Crippen molar-refractivity contribution in [3.05, 3.63) is 52.0 Å². The number of aromatic nitrogens is 2. The molecule has 3 rings (SSSR count). The Morgan fingerprint density at radius 1 is 1.34 bits per heavy atom. The molecular formula is C17H18N4O7S. The molecule has 0 amide bonds. The molecule has 11 nitrogen and oxygen atoms in total. The summed E-state index contributed by atoms with van der Waals surface area (Å²) < 4.78 is 35.0. The highest BCUT2D eigenvalue weighted by Crippen LogP contribution is 2.22. The molecule has 0 unspecified atom stereocenters. The highest BCUT2D eigenvalue weighted by Gasteiger charge is 2.20. The minimum Gasteiger partial charge on any atom is -0.452 e. The van der Waals surface area contributed by atoms with E-state index in [-0.39, 0.29) is 17.3 Å². The average molecular weight is 422 g/mol. The Balaban J connectivity index is 1.88. The van der Waals surface area contributed by atoms with Gasteiger partial charge in [0.25, 0.3) is 0 Å². The second-order valence-electron chi connectivity index (χ2n) is 6.20. The maximum atomic E-state index is 12.1. The number of sulfonamides is 1. The summed E-state index contributed by atoms with van der Waals surface area (Å²) in [7, 11) is -3.88. The van der Waals surface area contributed by atoms with E-state index in [9.17, 15) is 23.3 Å². The van der Waals surface area contributed by atoms with Gasteiger partial charge in [-0.1, -0.05) is 13.3 Å². The number of rotatable bonds is 8. The Labute approximate surface area is 165 Å². The molecule has 0 aliphatic carbocycles. The highest BCUT2D eigenvalue weighted by molar-refractivity contribution is 7.89. The zero-order valence-corrected chi connectivity index (χ0v) is 16.2. The van der Waals surface area contributed by atoms with Crippen molar-refractivity contribution in [3.63, 3.8) is 0 Å². The molecule has 0 bridgehead atoms. The monoisotopic (exact) mass is 422 g/mol. The van der Waals surface area contributed by atoms with Crippen LogP contribution in [0, 0.1) is 10.1 Å². The lowest BCUT2D eigenvalue weighted by atomic mass is 10.3. The second kappa shape index (κ2) is 8.01. The number of nitrogens with two attached hydrogens (primary N) is 1. The zero-order valence-electron chi connectivity index (χ0n) is 15.4. The van der Waals surface area contributed by atoms with Crippen molar-refractivity contribution < 1.29 is 27.3 Å². The van der Waals surface area contributed by atoms with E-state index in [0.29, 0.717) is 23.4 Å². The van der Waals surface area contributed by atoms with Crippen LogP contribution < -0.4 is 5.14 Å². The van der Waals surface area contributed by atoms with Crippen LogP contribution in [-0.4, -0.2) is 28.9 Å². The van der Waals surface area contributed by atoms with Crippen molar-refractivity contribution in [1.29, 1.82) is 0 Å². The average Bonchev–Trinajstić information content (AvgIpc) is 3.28. The van der Waals surface area contributed by atoms with Crippen molar-refractivity contribution in [1.82, 2.24) is 9.55 Å². The minimum absolute atomic E-state index is 0.0726. The first-order valence-corrected chi connectivity index (χ1v) is 10.2. The number of fused-ring (bicyclic) bond motifs is 1. The van der Waals surface area contributed by atoms with E-state index in [4.69, 9.17) is 14.3 Å². The third kappa shape index (κ3) is 4.43. The number of furan rings is 1. The molecule has 12 heteroatoms. The van der Waals surface area contributed by atoms with Gasteiger partial charge in [0.05, 0.1) is 22.0 Å². The Bertz CT molecular complexity index is 1180. The Morgan fingerprint density at radius 3 is 2.72 bits per heavy atom. The Hall–Kier alpha value is -3.25. The molecule has 29 heavy (non-hydrogen) atoms. The van der Waals surface area contributed by atoms with Crippen molar-refractivity contribution in [2.45, 2.75) is 37.8 Å². The fourth-order valence-corrected chi connectivity index (χ4v) is 3.28. The van der Waals surface area contributed by atoms with Crippen LogP contribution >= 0.6 is 0 Å². The molecule has 2 heterocycles. The molecule has 0 aliphatic heterocycles. The first-order valence-electron chi connectivity index (χ1n) is 8.64. The van der Waals surface area contributed by atoms with Crippen molar-refractivity contribution >= 4 is 32.9 Å². The highest BCUT2D eigenvalue weighted by atomic mass is 32.2. The number of nitro groups is 1. The molecule has 0 aliphatic rings. The quantitative estimate of drug-likeness (QED) is 0.329. The van der Waals surface area contributed by atoms with Crippen LogP contribution in [0.4, 0.5) is 5.88 Å². The summed E-state index contributed by atoms with van der Waals surface area (Å²) in [5, 5.41) is 15.8. The number of hydrogen-bond donors (Lipinski definition) is 1. The molecule has 154 valence electrons. The molecule has 0 radical (unpaired) electrons. The van der Waals surface area contributed by atoms with Crippen LogP contribution in [0.3, 0.4) is 0 Å². The van der Waals surface area contributed by atoms with Gasteiger partial charge < -0.3 is 13.7 Å². The lowest BCUT2D eigenvalue weighted by molar-refractivity contribution is -0.402. The molecule has 0 saturated carbocycles. The summed E-state index contributed by atoms with van der Waals surface area (Å²) in [6.45, 7) is 2.37. The second-order valence-corrected chi connectivity index (χ2v) is 7.76. The van der Waals surface area contributed by atoms with Crippen molar-refractivity contribution in [2.24, 2.45) is 5.14 Å². The molecule has 3 aromatic rings. The number of nitrogens with zero attached hydrogens (tertiary/aromatic N) is 3. The minimum atomic E-state index is -3.88. The lowest BCUT2D eigenvalue weighted by Gasteiger charge is -2.09. The van der Waals surface area contributed by atoms with Gasteiger partial charge in [-0.2, -0.15) is 0 Å². The van der Waals surface area contributed by atoms with E-state index in [1.165, 1.54) is 12.1 Å². The molecular weight excluding hydrogens is 404 g/mol. The number of ether oxygens (including phenoxy) is 1. The Kier molecular flexibility index (Phi) is 5.66. The fraction of sp³-hybridized carbons (Fsp3) is 0.294. The number of unbranched alkanes of at least 4 members (excludes halogenated alkanes) is 1. The van der Waals surface area contributed by atoms with Crippen molar-refractivity contribution in [3.8, 4) is 0 Å². The number of carbonyl (C=O) groups is 1. The van der Waals surface area contributed by atoms with Crippen molar-refractivity contribution in [2.75, 3.05) is 0 Å². The predicted molar refractivity (Wildman–Crippen MR) is 100 cm³/mol. The lowest BCUT2D eigenvalue weighted by Crippen LogP contribution is -2.12.